The maximum absolute atomic E-state index is 14.8. The molecule has 4 saturated carbocycles. The Morgan fingerprint density at radius 3 is 1.85 bits per heavy atom. The van der Waals surface area contributed by atoms with Crippen LogP contribution in [0.15, 0.2) is 11.6 Å². The predicted molar refractivity (Wildman–Crippen MR) is 217 cm³/mol. The molecule has 19 heteroatoms. The molecule has 61 heavy (non-hydrogen) atoms. The smallest absolute Gasteiger partial charge is 1.00 e. The number of ketones is 1. The Morgan fingerprint density at radius 2 is 1.28 bits per heavy atom. The Kier molecular flexibility index (Phi) is 17.0. The molecule has 0 aromatic carbocycles. The van der Waals surface area contributed by atoms with Gasteiger partial charge in [0, 0.05) is 5.92 Å². The standard InChI is InChI=1S/C42H62O16.Ca.K.Mg.5H/c1-37(2)21-8-11-42(7)31(20(43)16-18-19-17-39(4,36(53)54)13-12-38(19,3)14-15-41(18,42)6)40(21,5)10-9-22(37)55-35-30(26(47)25(46)29(57-35)33(51)52)58-34-27(48)23(44)24(45)28(56-34)32(49)50;;;;;;;;/h16,19,21-31,34-35,44-48H,8-15,17H2,1-7H3,(H,49,50)(H,51,52)(H,53,54);;;;;;;;/q;+2;+1;+2;5*-1/t19-,21-,22-,23-,24-,25-,26-,27+,28-,29-,30+,31+,34-,35-,38+,39-,40-,41+,42+;;;;;;;;/m0......../s1. The molecule has 0 radical (unpaired) electrons. The van der Waals surface area contributed by atoms with Gasteiger partial charge in [-0.05, 0) is 110 Å². The van der Waals surface area contributed by atoms with Gasteiger partial charge in [-0.15, -0.1) is 0 Å². The van der Waals surface area contributed by atoms with Crippen LogP contribution in [0.5, 0.6) is 0 Å². The molecule has 7 aliphatic rings. The summed E-state index contributed by atoms with van der Waals surface area (Å²) in [5.41, 5.74) is -1.81. The second-order valence-corrected chi connectivity index (χ2v) is 20.6. The van der Waals surface area contributed by atoms with Crippen LogP contribution in [0, 0.1) is 50.2 Å². The molecule has 16 nitrogen and oxygen atoms in total. The molecule has 5 aliphatic carbocycles. The van der Waals surface area contributed by atoms with E-state index < -0.39 is 107 Å². The van der Waals surface area contributed by atoms with Crippen LogP contribution in [0.1, 0.15) is 113 Å². The molecule has 0 bridgehead atoms. The summed E-state index contributed by atoms with van der Waals surface area (Å²) < 4.78 is 23.4. The van der Waals surface area contributed by atoms with E-state index in [0.717, 1.165) is 37.7 Å². The molecule has 2 heterocycles. The summed E-state index contributed by atoms with van der Waals surface area (Å²) in [6.07, 6.45) is -12.2. The van der Waals surface area contributed by atoms with E-state index in [1.54, 1.807) is 0 Å². The van der Waals surface area contributed by atoms with E-state index in [4.69, 9.17) is 18.9 Å². The van der Waals surface area contributed by atoms with Gasteiger partial charge >= 0.3 is 130 Å². The number of carboxylic acids is 3. The first-order valence-corrected chi connectivity index (χ1v) is 20.7. The minimum absolute atomic E-state index is 0. The van der Waals surface area contributed by atoms with Crippen LogP contribution in [0.25, 0.3) is 0 Å². The molecule has 7 rings (SSSR count). The summed E-state index contributed by atoms with van der Waals surface area (Å²) in [5, 5.41) is 83.0. The molecular weight excluding hydrogens is 864 g/mol. The Bertz CT molecular complexity index is 1780. The zero-order valence-corrected chi connectivity index (χ0v) is 43.5. The predicted octanol–water partition coefficient (Wildman–Crippen LogP) is -0.949. The third kappa shape index (κ3) is 8.65. The minimum Gasteiger partial charge on any atom is -1.00 e. The van der Waals surface area contributed by atoms with Gasteiger partial charge in [0.2, 0.25) is 0 Å². The minimum atomic E-state index is -2.05. The molecule has 0 unspecified atom stereocenters. The van der Waals surface area contributed by atoms with E-state index in [-0.39, 0.29) is 154 Å². The zero-order chi connectivity index (χ0) is 42.9. The van der Waals surface area contributed by atoms with Crippen molar-refractivity contribution in [2.75, 3.05) is 0 Å². The van der Waals surface area contributed by atoms with Gasteiger partial charge in [-0.2, -0.15) is 0 Å². The van der Waals surface area contributed by atoms with E-state index in [0.29, 0.717) is 25.7 Å². The van der Waals surface area contributed by atoms with Gasteiger partial charge in [0.15, 0.2) is 30.6 Å². The van der Waals surface area contributed by atoms with Crippen LogP contribution in [-0.2, 0) is 38.1 Å². The van der Waals surface area contributed by atoms with Gasteiger partial charge in [0.25, 0.3) is 0 Å². The number of carboxylic acid groups (broad SMARTS) is 3. The van der Waals surface area contributed by atoms with E-state index in [9.17, 15) is 60.0 Å². The molecule has 0 spiro atoms. The molecule has 2 saturated heterocycles. The third-order valence-corrected chi connectivity index (χ3v) is 17.2. The number of hydrogen-bond acceptors (Lipinski definition) is 13. The van der Waals surface area contributed by atoms with Crippen LogP contribution in [0.4, 0.5) is 0 Å². The van der Waals surface area contributed by atoms with Crippen LogP contribution in [-0.4, -0.2) is 193 Å². The second kappa shape index (κ2) is 18.9. The first-order chi connectivity index (χ1) is 26.8. The van der Waals surface area contributed by atoms with Crippen molar-refractivity contribution in [3.05, 3.63) is 11.6 Å². The van der Waals surface area contributed by atoms with Gasteiger partial charge in [0.1, 0.15) is 36.6 Å². The summed E-state index contributed by atoms with van der Waals surface area (Å²) in [7, 11) is 0. The normalized spacial score (nSPS) is 50.0. The Labute approximate surface area is 452 Å². The number of fused-ring (bicyclic) bond motifs is 7. The molecule has 336 valence electrons. The van der Waals surface area contributed by atoms with Crippen molar-refractivity contribution in [1.29, 1.82) is 0 Å². The van der Waals surface area contributed by atoms with E-state index in [2.05, 4.69) is 27.7 Å². The maximum atomic E-state index is 14.8. The molecule has 6 fully saturated rings. The van der Waals surface area contributed by atoms with Crippen molar-refractivity contribution in [3.8, 4) is 0 Å². The number of carbonyl (C=O) groups is 4. The average Bonchev–Trinajstić information content (AvgIpc) is 3.13. The first-order valence-electron chi connectivity index (χ1n) is 20.7. The summed E-state index contributed by atoms with van der Waals surface area (Å²) in [4.78, 5) is 51.3. The Hall–Kier alpha value is 1.12. The fourth-order valence-electron chi connectivity index (χ4n) is 13.4. The summed E-state index contributed by atoms with van der Waals surface area (Å²) in [6.45, 7) is 14.8. The van der Waals surface area contributed by atoms with Crippen LogP contribution in [0.2, 0.25) is 0 Å². The van der Waals surface area contributed by atoms with Crippen molar-refractivity contribution < 1.29 is 137 Å². The molecule has 8 N–H and O–H groups in total. The summed E-state index contributed by atoms with van der Waals surface area (Å²) in [5.74, 6) is -4.47. The van der Waals surface area contributed by atoms with E-state index in [1.165, 1.54) is 0 Å². The largest absolute Gasteiger partial charge is 2.00 e. The maximum Gasteiger partial charge on any atom is 2.00 e. The first kappa shape index (κ1) is 54.7. The number of aliphatic hydroxyl groups excluding tert-OH is 5. The van der Waals surface area contributed by atoms with Crippen LogP contribution < -0.4 is 51.4 Å². The molecule has 0 aromatic rings. The number of ether oxygens (including phenoxy) is 4. The zero-order valence-electron chi connectivity index (χ0n) is 41.8. The molecule has 2 aliphatic heterocycles. The van der Waals surface area contributed by atoms with Crippen LogP contribution >= 0.6 is 0 Å². The topological polar surface area (TPSA) is 267 Å². The third-order valence-electron chi connectivity index (χ3n) is 17.2. The van der Waals surface area contributed by atoms with Crippen molar-refractivity contribution in [3.63, 3.8) is 0 Å². The summed E-state index contributed by atoms with van der Waals surface area (Å²) >= 11 is 0. The van der Waals surface area contributed by atoms with Gasteiger partial charge < -0.3 is 66.9 Å². The van der Waals surface area contributed by atoms with Crippen molar-refractivity contribution in [2.45, 2.75) is 174 Å². The number of aliphatic hydroxyl groups is 5. The Balaban J connectivity index is 0. The molecule has 0 aromatic heterocycles. The van der Waals surface area contributed by atoms with Crippen LogP contribution in [0.3, 0.4) is 0 Å². The van der Waals surface area contributed by atoms with Gasteiger partial charge in [-0.3, -0.25) is 9.59 Å². The second-order valence-electron chi connectivity index (χ2n) is 20.6. The molecular formula is C42H67CaKMgO16. The van der Waals surface area contributed by atoms with Crippen molar-refractivity contribution in [2.24, 2.45) is 50.2 Å². The average molecular weight is 931 g/mol. The number of allylic oxidation sites excluding steroid dienone is 2. The van der Waals surface area contributed by atoms with Gasteiger partial charge in [-0.1, -0.05) is 47.1 Å². The van der Waals surface area contributed by atoms with Crippen molar-refractivity contribution >= 4 is 84.5 Å². The number of hydrogen-bond donors (Lipinski definition) is 8. The fourth-order valence-corrected chi connectivity index (χ4v) is 13.4. The SMILES string of the molecule is CC1(C)[C@@H](O[C@H]2O[C@H](C(=O)O)[C@@H](O)[C@H](O)[C@H]2O[C@@H]2O[C@H](C(=O)O)[C@@H](O)[C@H](O)[C@H]2O)CC[C@]2(C)[C@H]3C(=O)C=C4[C@@H]5C[C@@](C)(C(=O)O)CC[C@]5(C)CC[C@@]4(C)[C@]3(C)CC[C@@H]12.[Ca+2].[H-].[H-].[H-].[H-].[H-].[K+].[Mg+2]. The molecule has 0 amide bonds. The monoisotopic (exact) mass is 930 g/mol. The van der Waals surface area contributed by atoms with Gasteiger partial charge in [0.05, 0.1) is 11.5 Å². The van der Waals surface area contributed by atoms with E-state index in [1.807, 2.05) is 26.8 Å². The Morgan fingerprint density at radius 1 is 0.721 bits per heavy atom. The van der Waals surface area contributed by atoms with E-state index >= 15 is 0 Å². The number of carbonyl (C=O) groups excluding carboxylic acids is 1. The number of aliphatic carboxylic acids is 3. The van der Waals surface area contributed by atoms with Gasteiger partial charge in [-0.25, -0.2) is 9.59 Å². The fraction of sp³-hybridized carbons (Fsp3) is 0.857. The summed E-state index contributed by atoms with van der Waals surface area (Å²) in [6, 6.07) is 0. The quantitative estimate of drug-likeness (QED) is 0.113. The van der Waals surface area contributed by atoms with Crippen molar-refractivity contribution in [1.82, 2.24) is 0 Å². The number of rotatable bonds is 7. The molecule has 19 atom stereocenters.